The molecule has 0 saturated heterocycles. The van der Waals surface area contributed by atoms with Crippen LogP contribution in [0.4, 0.5) is 0 Å². The number of fused-ring (bicyclic) bond motifs is 2. The van der Waals surface area contributed by atoms with Crippen molar-refractivity contribution < 1.29 is 10.2 Å². The van der Waals surface area contributed by atoms with Crippen molar-refractivity contribution in [3.05, 3.63) is 0 Å². The van der Waals surface area contributed by atoms with Gasteiger partial charge in [-0.1, -0.05) is 0 Å². The van der Waals surface area contributed by atoms with E-state index in [-0.39, 0.29) is 12.2 Å². The highest BCUT2D eigenvalue weighted by Crippen LogP contribution is 2.82. The van der Waals surface area contributed by atoms with Crippen LogP contribution in [-0.4, -0.2) is 22.4 Å². The third kappa shape index (κ3) is 0.375. The standard InChI is InChI=1S/C11H14O2/c12-10-6-2-1-3-5-4(2)8(10)9(5)11(13)7(3)6/h2-13H,1H2/t2-,3-,4+,5+,6-,7+,8-,9+,10+,11-/m0/s1. The molecule has 2 heteroatoms. The topological polar surface area (TPSA) is 40.5 Å². The second-order valence-corrected chi connectivity index (χ2v) is 6.01. The number of hydrogen-bond acceptors (Lipinski definition) is 2. The normalized spacial score (nSPS) is 85.4. The molecule has 0 spiro atoms. The number of aliphatic hydroxyl groups is 2. The molecule has 0 aliphatic heterocycles. The Bertz CT molecular complexity index is 281. The van der Waals surface area contributed by atoms with Crippen molar-refractivity contribution in [3.63, 3.8) is 0 Å². The SMILES string of the molecule is O[C@@H]1[C@H]2[C@H]3[C@H](O)[C@H]4[C@H]5C[C@@H]([C@@H]2[C@@H]53)[C@@H]14. The molecule has 5 aliphatic carbocycles. The monoisotopic (exact) mass is 178 g/mol. The van der Waals surface area contributed by atoms with E-state index in [9.17, 15) is 10.2 Å². The minimum atomic E-state index is -0.0304. The molecule has 0 heterocycles. The van der Waals surface area contributed by atoms with Gasteiger partial charge in [0.05, 0.1) is 12.2 Å². The molecule has 5 rings (SSSR count). The molecule has 0 aromatic carbocycles. The molecule has 0 aromatic heterocycles. The summed E-state index contributed by atoms with van der Waals surface area (Å²) in [6.07, 6.45) is 1.28. The third-order valence-electron chi connectivity index (χ3n) is 6.32. The van der Waals surface area contributed by atoms with Gasteiger partial charge < -0.3 is 10.2 Å². The fourth-order valence-electron chi connectivity index (χ4n) is 6.44. The summed E-state index contributed by atoms with van der Waals surface area (Å²) in [5.41, 5.74) is 0. The van der Waals surface area contributed by atoms with Crippen molar-refractivity contribution in [2.45, 2.75) is 18.6 Å². The summed E-state index contributed by atoms with van der Waals surface area (Å²) >= 11 is 0. The minimum absolute atomic E-state index is 0.0304. The van der Waals surface area contributed by atoms with Crippen LogP contribution in [0.15, 0.2) is 0 Å². The van der Waals surface area contributed by atoms with Crippen LogP contribution in [0.3, 0.4) is 0 Å². The molecule has 13 heavy (non-hydrogen) atoms. The summed E-state index contributed by atoms with van der Waals surface area (Å²) in [5.74, 6) is 5.33. The highest BCUT2D eigenvalue weighted by atomic mass is 16.3. The van der Waals surface area contributed by atoms with Crippen molar-refractivity contribution >= 4 is 0 Å². The van der Waals surface area contributed by atoms with Gasteiger partial charge in [-0.05, 0) is 53.8 Å². The summed E-state index contributed by atoms with van der Waals surface area (Å²) in [4.78, 5) is 0. The second-order valence-electron chi connectivity index (χ2n) is 6.01. The average molecular weight is 178 g/mol. The first-order valence-corrected chi connectivity index (χ1v) is 5.67. The molecule has 2 bridgehead atoms. The van der Waals surface area contributed by atoms with E-state index in [0.717, 1.165) is 23.7 Å². The van der Waals surface area contributed by atoms with Gasteiger partial charge in [0.25, 0.3) is 0 Å². The first-order chi connectivity index (χ1) is 6.30. The summed E-state index contributed by atoms with van der Waals surface area (Å²) in [6.45, 7) is 0. The lowest BCUT2D eigenvalue weighted by molar-refractivity contribution is -0.109. The molecule has 70 valence electrons. The van der Waals surface area contributed by atoms with Crippen LogP contribution in [0.25, 0.3) is 0 Å². The zero-order chi connectivity index (χ0) is 8.48. The van der Waals surface area contributed by atoms with Crippen molar-refractivity contribution in [3.8, 4) is 0 Å². The molecular weight excluding hydrogens is 164 g/mol. The average Bonchev–Trinajstić information content (AvgIpc) is 2.52. The summed E-state index contributed by atoms with van der Waals surface area (Å²) in [7, 11) is 0. The van der Waals surface area contributed by atoms with Gasteiger partial charge in [0, 0.05) is 0 Å². The minimum Gasteiger partial charge on any atom is -0.393 e. The molecular formula is C11H14O2. The van der Waals surface area contributed by atoms with Crippen LogP contribution in [0.1, 0.15) is 6.42 Å². The quantitative estimate of drug-likeness (QED) is 0.552. The van der Waals surface area contributed by atoms with E-state index in [2.05, 4.69) is 0 Å². The van der Waals surface area contributed by atoms with Crippen molar-refractivity contribution in [2.75, 3.05) is 0 Å². The molecule has 5 fully saturated rings. The van der Waals surface area contributed by atoms with Gasteiger partial charge in [-0.2, -0.15) is 0 Å². The smallest absolute Gasteiger partial charge is 0.0609 e. The summed E-state index contributed by atoms with van der Waals surface area (Å²) < 4.78 is 0. The van der Waals surface area contributed by atoms with E-state index < -0.39 is 0 Å². The zero-order valence-corrected chi connectivity index (χ0v) is 7.38. The van der Waals surface area contributed by atoms with Gasteiger partial charge >= 0.3 is 0 Å². The molecule has 5 aliphatic rings. The Morgan fingerprint density at radius 3 is 1.54 bits per heavy atom. The van der Waals surface area contributed by atoms with Gasteiger partial charge in [0.1, 0.15) is 0 Å². The molecule has 5 saturated carbocycles. The highest BCUT2D eigenvalue weighted by molar-refractivity contribution is 5.30. The van der Waals surface area contributed by atoms with E-state index >= 15 is 0 Å². The predicted octanol–water partition coefficient (Wildman–Crippen LogP) is 0.0959. The fourth-order valence-corrected chi connectivity index (χ4v) is 6.44. The van der Waals surface area contributed by atoms with Crippen molar-refractivity contribution in [2.24, 2.45) is 47.3 Å². The molecule has 2 nitrogen and oxygen atoms in total. The fraction of sp³-hybridized carbons (Fsp3) is 1.00. The molecule has 0 amide bonds. The third-order valence-corrected chi connectivity index (χ3v) is 6.32. The van der Waals surface area contributed by atoms with Crippen molar-refractivity contribution in [1.82, 2.24) is 0 Å². The Morgan fingerprint density at radius 1 is 0.615 bits per heavy atom. The molecule has 2 N–H and O–H groups in total. The van der Waals surface area contributed by atoms with Crippen LogP contribution in [0.2, 0.25) is 0 Å². The Morgan fingerprint density at radius 2 is 1.08 bits per heavy atom. The maximum Gasteiger partial charge on any atom is 0.0609 e. The molecule has 10 atom stereocenters. The number of aliphatic hydroxyl groups excluding tert-OH is 2. The largest absolute Gasteiger partial charge is 0.393 e. The lowest BCUT2D eigenvalue weighted by Crippen LogP contribution is -2.51. The molecule has 0 aromatic rings. The van der Waals surface area contributed by atoms with E-state index in [0.29, 0.717) is 23.7 Å². The lowest BCUT2D eigenvalue weighted by atomic mass is 9.58. The number of hydrogen-bond donors (Lipinski definition) is 2. The first-order valence-electron chi connectivity index (χ1n) is 5.67. The van der Waals surface area contributed by atoms with E-state index in [1.54, 1.807) is 0 Å². The van der Waals surface area contributed by atoms with Gasteiger partial charge in [-0.3, -0.25) is 0 Å². The Balaban J connectivity index is 1.83. The van der Waals surface area contributed by atoms with E-state index in [4.69, 9.17) is 0 Å². The molecule has 0 radical (unpaired) electrons. The maximum absolute atomic E-state index is 10.1. The van der Waals surface area contributed by atoms with Crippen LogP contribution < -0.4 is 0 Å². The van der Waals surface area contributed by atoms with Gasteiger partial charge in [0.2, 0.25) is 0 Å². The van der Waals surface area contributed by atoms with Crippen LogP contribution in [-0.2, 0) is 0 Å². The van der Waals surface area contributed by atoms with Crippen LogP contribution in [0.5, 0.6) is 0 Å². The van der Waals surface area contributed by atoms with Gasteiger partial charge in [0.15, 0.2) is 0 Å². The number of rotatable bonds is 0. The van der Waals surface area contributed by atoms with Crippen LogP contribution in [0, 0.1) is 47.3 Å². The lowest BCUT2D eigenvalue weighted by Gasteiger charge is -2.47. The Hall–Kier alpha value is -0.0800. The maximum atomic E-state index is 10.1. The van der Waals surface area contributed by atoms with Gasteiger partial charge in [-0.15, -0.1) is 0 Å². The Labute approximate surface area is 76.9 Å². The predicted molar refractivity (Wildman–Crippen MR) is 44.6 cm³/mol. The second kappa shape index (κ2) is 1.49. The first kappa shape index (κ1) is 6.41. The Kier molecular flexibility index (Phi) is 0.733. The van der Waals surface area contributed by atoms with E-state index in [1.165, 1.54) is 6.42 Å². The summed E-state index contributed by atoms with van der Waals surface area (Å²) in [6, 6.07) is 0. The van der Waals surface area contributed by atoms with E-state index in [1.807, 2.05) is 0 Å². The molecule has 0 unspecified atom stereocenters. The van der Waals surface area contributed by atoms with Crippen LogP contribution >= 0.6 is 0 Å². The van der Waals surface area contributed by atoms with Gasteiger partial charge in [-0.25, -0.2) is 0 Å². The zero-order valence-electron chi connectivity index (χ0n) is 7.38. The summed E-state index contributed by atoms with van der Waals surface area (Å²) in [5, 5.41) is 20.2. The highest BCUT2D eigenvalue weighted by Gasteiger charge is 2.83. The van der Waals surface area contributed by atoms with Crippen molar-refractivity contribution in [1.29, 1.82) is 0 Å².